The largest absolute Gasteiger partial charge is 1.00 e. The van der Waals surface area contributed by atoms with Crippen LogP contribution >= 0.6 is 0 Å². The van der Waals surface area contributed by atoms with E-state index in [1.165, 1.54) is 57.8 Å². The van der Waals surface area contributed by atoms with Crippen LogP contribution < -0.4 is 24.8 Å². The smallest absolute Gasteiger partial charge is 1.00 e. The minimum Gasteiger partial charge on any atom is -1.00 e. The molecule has 0 heterocycles. The van der Waals surface area contributed by atoms with E-state index in [0.29, 0.717) is 5.41 Å². The van der Waals surface area contributed by atoms with Crippen molar-refractivity contribution < 1.29 is 48.0 Å². The summed E-state index contributed by atoms with van der Waals surface area (Å²) in [5.41, 5.74) is 6.14. The van der Waals surface area contributed by atoms with Crippen LogP contribution in [0.4, 0.5) is 0 Å². The molecule has 4 aliphatic carbocycles. The molecule has 1 unspecified atom stereocenters. The normalized spacial score (nSPS) is 32.3. The van der Waals surface area contributed by atoms with Crippen molar-refractivity contribution in [3.8, 4) is 0 Å². The fourth-order valence-electron chi connectivity index (χ4n) is 5.95. The second kappa shape index (κ2) is 9.95. The van der Waals surface area contributed by atoms with E-state index < -0.39 is 23.2 Å². The number of halogens is 2. The summed E-state index contributed by atoms with van der Waals surface area (Å²) in [4.78, 5) is 0. The number of allylic oxidation sites excluding steroid dienone is 8. The summed E-state index contributed by atoms with van der Waals surface area (Å²) in [5.74, 6) is 1.70. The van der Waals surface area contributed by atoms with Crippen molar-refractivity contribution >= 4 is 0 Å². The second-order valence-electron chi connectivity index (χ2n) is 9.27. The van der Waals surface area contributed by atoms with Gasteiger partial charge in [-0.3, -0.25) is 0 Å². The number of hydrogen-bond donors (Lipinski definition) is 0. The Morgan fingerprint density at radius 1 is 1.11 bits per heavy atom. The Balaban J connectivity index is 0.00000131. The summed E-state index contributed by atoms with van der Waals surface area (Å²) in [6.07, 6.45) is 22.6. The molecule has 1 fully saturated rings. The molecule has 0 spiro atoms. The topological polar surface area (TPSA) is 0 Å². The number of hydrogen-bond acceptors (Lipinski definition) is 0. The summed E-state index contributed by atoms with van der Waals surface area (Å²) in [5, 5.41) is 0. The molecule has 0 N–H and O–H groups in total. The zero-order valence-electron chi connectivity index (χ0n) is 17.2. The second-order valence-corrected chi connectivity index (χ2v) is 13.0. The maximum atomic E-state index is 2.76. The molecule has 0 aromatic heterocycles. The Hall–Kier alpha value is 0.423. The molecular formula is C24H34Cl2Zr. The van der Waals surface area contributed by atoms with Crippen molar-refractivity contribution in [2.75, 3.05) is 0 Å². The van der Waals surface area contributed by atoms with Crippen LogP contribution in [0.15, 0.2) is 44.3 Å². The molecule has 0 bridgehead atoms. The van der Waals surface area contributed by atoms with Crippen LogP contribution in [0.2, 0.25) is 3.63 Å². The van der Waals surface area contributed by atoms with Gasteiger partial charge >= 0.3 is 167 Å². The van der Waals surface area contributed by atoms with E-state index in [1.54, 1.807) is 5.57 Å². The average Bonchev–Trinajstić information content (AvgIpc) is 3.23. The Kier molecular flexibility index (Phi) is 8.74. The summed E-state index contributed by atoms with van der Waals surface area (Å²) in [6.45, 7) is 7.56. The van der Waals surface area contributed by atoms with Crippen molar-refractivity contribution in [3.05, 3.63) is 44.3 Å². The van der Waals surface area contributed by atoms with Crippen LogP contribution in [0.25, 0.3) is 0 Å². The third-order valence-corrected chi connectivity index (χ3v) is 11.5. The van der Waals surface area contributed by atoms with Gasteiger partial charge in [0.05, 0.1) is 0 Å². The summed E-state index contributed by atoms with van der Waals surface area (Å²) in [6, 6.07) is 0. The fraction of sp³-hybridized carbons (Fsp3) is 0.667. The molecule has 0 aliphatic heterocycles. The predicted octanol–water partition coefficient (Wildman–Crippen LogP) is 1.37. The Morgan fingerprint density at radius 3 is 2.56 bits per heavy atom. The number of rotatable bonds is 4. The monoisotopic (exact) mass is 482 g/mol. The van der Waals surface area contributed by atoms with Crippen LogP contribution in [-0.4, -0.2) is 0 Å². The standard InChI is InChI=1S/C19H29.C5H5.2ClH.Zr/c1-14(2)19(10-6-7-15(3)13-19)18-11-16-8-4-5-9-17(16)12-18;1-2-4-5-3-1;;;/h11-12,14-15H,4-10,13H2,1-3H3;1-3H,4H2;2*1H;/q;;;;+2/p-2/t15-,19?;;;;/m1..../s1. The molecule has 0 nitrogen and oxygen atoms in total. The van der Waals surface area contributed by atoms with Crippen molar-refractivity contribution in [2.45, 2.75) is 82.2 Å². The van der Waals surface area contributed by atoms with Crippen LogP contribution in [0.5, 0.6) is 0 Å². The fourth-order valence-corrected chi connectivity index (χ4v) is 10.4. The van der Waals surface area contributed by atoms with Crippen LogP contribution in [-0.2, 0) is 23.2 Å². The van der Waals surface area contributed by atoms with Crippen LogP contribution in [0.1, 0.15) is 78.6 Å². The third-order valence-electron chi connectivity index (χ3n) is 7.36. The molecule has 3 atom stereocenters. The zero-order valence-corrected chi connectivity index (χ0v) is 21.1. The van der Waals surface area contributed by atoms with Crippen molar-refractivity contribution in [3.63, 3.8) is 0 Å². The van der Waals surface area contributed by atoms with E-state index in [1.807, 2.05) is 14.4 Å². The van der Waals surface area contributed by atoms with Gasteiger partial charge in [0.1, 0.15) is 0 Å². The molecule has 4 rings (SSSR count). The average molecular weight is 485 g/mol. The Morgan fingerprint density at radius 2 is 1.89 bits per heavy atom. The molecule has 27 heavy (non-hydrogen) atoms. The minimum absolute atomic E-state index is 0. The van der Waals surface area contributed by atoms with E-state index in [9.17, 15) is 0 Å². The van der Waals surface area contributed by atoms with Crippen molar-refractivity contribution in [1.29, 1.82) is 0 Å². The minimum atomic E-state index is -0.543. The maximum absolute atomic E-state index is 2.76. The zero-order chi connectivity index (χ0) is 17.4. The summed E-state index contributed by atoms with van der Waals surface area (Å²) >= 11 is -0.543. The van der Waals surface area contributed by atoms with Gasteiger partial charge in [-0.15, -0.1) is 0 Å². The third kappa shape index (κ3) is 4.62. The van der Waals surface area contributed by atoms with E-state index in [0.717, 1.165) is 15.5 Å². The summed E-state index contributed by atoms with van der Waals surface area (Å²) in [7, 11) is 0. The SMILES string of the molecule is CC(C)C1(C2=CC3=C(CCCC3)[C@@H]2[Zr+2][C]2=CC=CC2)CCC[C@@H](C)C1.[Cl-].[Cl-]. The van der Waals surface area contributed by atoms with Gasteiger partial charge in [-0.2, -0.15) is 0 Å². The first-order valence-corrected chi connectivity index (χ1v) is 13.3. The Bertz CT molecular complexity index is 655. The van der Waals surface area contributed by atoms with Crippen LogP contribution in [0, 0.1) is 17.3 Å². The molecule has 0 aromatic carbocycles. The van der Waals surface area contributed by atoms with Gasteiger partial charge in [-0.1, -0.05) is 0 Å². The summed E-state index contributed by atoms with van der Waals surface area (Å²) < 4.78 is 2.74. The molecule has 0 aromatic rings. The van der Waals surface area contributed by atoms with Gasteiger partial charge < -0.3 is 24.8 Å². The van der Waals surface area contributed by atoms with E-state index >= 15 is 0 Å². The molecule has 0 radical (unpaired) electrons. The van der Waals surface area contributed by atoms with Gasteiger partial charge in [0.25, 0.3) is 0 Å². The van der Waals surface area contributed by atoms with E-state index in [-0.39, 0.29) is 24.8 Å². The molecular weight excluding hydrogens is 450 g/mol. The van der Waals surface area contributed by atoms with E-state index in [4.69, 9.17) is 0 Å². The maximum Gasteiger partial charge on any atom is -1.00 e. The van der Waals surface area contributed by atoms with E-state index in [2.05, 4.69) is 45.1 Å². The molecule has 4 aliphatic rings. The van der Waals surface area contributed by atoms with Crippen molar-refractivity contribution in [1.82, 2.24) is 0 Å². The quantitative estimate of drug-likeness (QED) is 0.566. The van der Waals surface area contributed by atoms with Gasteiger partial charge in [0, 0.05) is 0 Å². The molecule has 1 saturated carbocycles. The molecule has 3 heteroatoms. The molecule has 148 valence electrons. The molecule has 0 amide bonds. The first kappa shape index (κ1) is 23.7. The first-order chi connectivity index (χ1) is 12.1. The van der Waals surface area contributed by atoms with Crippen LogP contribution in [0.3, 0.4) is 0 Å². The predicted molar refractivity (Wildman–Crippen MR) is 104 cm³/mol. The van der Waals surface area contributed by atoms with Gasteiger partial charge in [0.2, 0.25) is 0 Å². The van der Waals surface area contributed by atoms with Gasteiger partial charge in [-0.05, 0) is 0 Å². The van der Waals surface area contributed by atoms with Crippen molar-refractivity contribution in [2.24, 2.45) is 17.3 Å². The van der Waals surface area contributed by atoms with Gasteiger partial charge in [0.15, 0.2) is 0 Å². The Labute approximate surface area is 190 Å². The first-order valence-electron chi connectivity index (χ1n) is 10.7. The van der Waals surface area contributed by atoms with Gasteiger partial charge in [-0.25, -0.2) is 0 Å². The molecule has 0 saturated heterocycles.